The number of esters is 1. The van der Waals surface area contributed by atoms with Crippen molar-refractivity contribution < 1.29 is 13.9 Å². The zero-order valence-corrected chi connectivity index (χ0v) is 14.5. The molecule has 1 heterocycles. The van der Waals surface area contributed by atoms with E-state index in [1.54, 1.807) is 0 Å². The topological polar surface area (TPSA) is 64.1 Å². The van der Waals surface area contributed by atoms with Gasteiger partial charge in [-0.2, -0.15) is 0 Å². The molecule has 6 heteroatoms. The molecule has 0 unspecified atom stereocenters. The molecule has 0 atom stereocenters. The average molecular weight is 354 g/mol. The lowest BCUT2D eigenvalue weighted by Crippen LogP contribution is -2.18. The maximum Gasteiger partial charge on any atom is 0.357 e. The molecule has 0 radical (unpaired) electrons. The summed E-state index contributed by atoms with van der Waals surface area (Å²) in [5.74, 6) is -1.19. The first-order valence-electron chi connectivity index (χ1n) is 8.29. The van der Waals surface area contributed by atoms with Crippen LogP contribution in [0.3, 0.4) is 0 Å². The predicted octanol–water partition coefficient (Wildman–Crippen LogP) is 3.79. The van der Waals surface area contributed by atoms with Crippen LogP contribution < -0.4 is 5.56 Å². The van der Waals surface area contributed by atoms with Crippen LogP contribution in [-0.4, -0.2) is 15.7 Å². The Kier molecular flexibility index (Phi) is 5.02. The third-order valence-electron chi connectivity index (χ3n) is 4.01. The first-order valence-corrected chi connectivity index (χ1v) is 8.29. The van der Waals surface area contributed by atoms with Crippen molar-refractivity contribution in [2.75, 3.05) is 0 Å². The molecule has 0 saturated carbocycles. The number of hydrogen-bond acceptors (Lipinski definition) is 3. The largest absolute Gasteiger partial charge is 0.456 e. The molecular formula is C20H19FN2O3. The highest BCUT2D eigenvalue weighted by atomic mass is 19.1. The number of carbonyl (C=O) groups excluding carboxylic acids is 1. The summed E-state index contributed by atoms with van der Waals surface area (Å²) in [7, 11) is 0. The molecule has 3 aromatic rings. The van der Waals surface area contributed by atoms with E-state index in [1.165, 1.54) is 28.9 Å². The van der Waals surface area contributed by atoms with Gasteiger partial charge in [-0.25, -0.2) is 13.9 Å². The minimum Gasteiger partial charge on any atom is -0.456 e. The van der Waals surface area contributed by atoms with Gasteiger partial charge in [-0.05, 0) is 35.7 Å². The Hall–Kier alpha value is -3.15. The fraction of sp³-hybridized carbons (Fsp3) is 0.200. The highest BCUT2D eigenvalue weighted by Crippen LogP contribution is 2.18. The Balaban J connectivity index is 1.93. The van der Waals surface area contributed by atoms with Crippen LogP contribution in [-0.2, 0) is 11.3 Å². The minimum atomic E-state index is -0.601. The molecule has 1 N–H and O–H groups in total. The van der Waals surface area contributed by atoms with Crippen molar-refractivity contribution in [1.82, 2.24) is 9.78 Å². The average Bonchev–Trinajstić information content (AvgIpc) is 2.99. The molecule has 0 bridgehead atoms. The van der Waals surface area contributed by atoms with Crippen LogP contribution in [0.15, 0.2) is 59.4 Å². The molecule has 0 aliphatic carbocycles. The molecule has 0 fully saturated rings. The van der Waals surface area contributed by atoms with E-state index in [4.69, 9.17) is 4.74 Å². The maximum absolute atomic E-state index is 13.1. The second-order valence-electron chi connectivity index (χ2n) is 6.23. The van der Waals surface area contributed by atoms with Crippen molar-refractivity contribution in [3.05, 3.63) is 87.6 Å². The van der Waals surface area contributed by atoms with Crippen molar-refractivity contribution in [2.45, 2.75) is 26.4 Å². The standard InChI is InChI=1S/C20H19FN2O3/c1-13(2)17-18(20(25)26-12-14-6-4-3-5-7-14)22-23(19(17)24)16-10-8-15(21)9-11-16/h3-11,13,22H,12H2,1-2H3. The molecule has 3 rings (SSSR count). The van der Waals surface area contributed by atoms with Crippen LogP contribution in [0.5, 0.6) is 0 Å². The van der Waals surface area contributed by atoms with Gasteiger partial charge < -0.3 is 4.74 Å². The summed E-state index contributed by atoms with van der Waals surface area (Å²) < 4.78 is 19.7. The normalized spacial score (nSPS) is 10.9. The summed E-state index contributed by atoms with van der Waals surface area (Å²) in [5.41, 5.74) is 1.41. The number of ether oxygens (including phenoxy) is 1. The van der Waals surface area contributed by atoms with E-state index in [0.717, 1.165) is 5.56 Å². The molecule has 0 aliphatic heterocycles. The Bertz CT molecular complexity index is 957. The fourth-order valence-electron chi connectivity index (χ4n) is 2.71. The zero-order chi connectivity index (χ0) is 18.7. The van der Waals surface area contributed by atoms with Crippen LogP contribution in [0.25, 0.3) is 5.69 Å². The van der Waals surface area contributed by atoms with E-state index < -0.39 is 11.8 Å². The van der Waals surface area contributed by atoms with Crippen LogP contribution in [0.1, 0.15) is 41.4 Å². The Morgan fingerprint density at radius 3 is 2.38 bits per heavy atom. The predicted molar refractivity (Wildman–Crippen MR) is 96.0 cm³/mol. The van der Waals surface area contributed by atoms with Crippen LogP contribution >= 0.6 is 0 Å². The van der Waals surface area contributed by atoms with E-state index in [1.807, 2.05) is 44.2 Å². The van der Waals surface area contributed by atoms with Crippen molar-refractivity contribution >= 4 is 5.97 Å². The number of benzene rings is 2. The third kappa shape index (κ3) is 3.59. The lowest BCUT2D eigenvalue weighted by atomic mass is 10.0. The van der Waals surface area contributed by atoms with Gasteiger partial charge in [0.15, 0.2) is 0 Å². The van der Waals surface area contributed by atoms with Crippen LogP contribution in [0.4, 0.5) is 4.39 Å². The quantitative estimate of drug-likeness (QED) is 0.709. The number of hydrogen-bond donors (Lipinski definition) is 1. The fourth-order valence-corrected chi connectivity index (χ4v) is 2.71. The molecular weight excluding hydrogens is 335 g/mol. The smallest absolute Gasteiger partial charge is 0.357 e. The van der Waals surface area contributed by atoms with Crippen molar-refractivity contribution in [2.24, 2.45) is 0 Å². The minimum absolute atomic E-state index is 0.112. The Morgan fingerprint density at radius 2 is 1.77 bits per heavy atom. The van der Waals surface area contributed by atoms with E-state index in [0.29, 0.717) is 11.3 Å². The number of aromatic amines is 1. The van der Waals surface area contributed by atoms with Crippen LogP contribution in [0, 0.1) is 5.82 Å². The summed E-state index contributed by atoms with van der Waals surface area (Å²) in [6, 6.07) is 14.7. The van der Waals surface area contributed by atoms with Gasteiger partial charge in [0.1, 0.15) is 18.1 Å². The second kappa shape index (κ2) is 7.39. The summed E-state index contributed by atoms with van der Waals surface area (Å²) in [5, 5.41) is 2.81. The Labute approximate surface area is 150 Å². The van der Waals surface area contributed by atoms with Gasteiger partial charge in [0.25, 0.3) is 5.56 Å². The Morgan fingerprint density at radius 1 is 1.12 bits per heavy atom. The SMILES string of the molecule is CC(C)c1c(C(=O)OCc2ccccc2)[nH]n(-c2ccc(F)cc2)c1=O. The first kappa shape index (κ1) is 17.7. The summed E-state index contributed by atoms with van der Waals surface area (Å²) >= 11 is 0. The van der Waals surface area contributed by atoms with E-state index in [-0.39, 0.29) is 23.8 Å². The van der Waals surface area contributed by atoms with E-state index in [2.05, 4.69) is 5.10 Å². The lowest BCUT2D eigenvalue weighted by Gasteiger charge is -2.06. The van der Waals surface area contributed by atoms with Gasteiger partial charge in [0.2, 0.25) is 0 Å². The number of nitrogens with zero attached hydrogens (tertiary/aromatic N) is 1. The number of rotatable bonds is 5. The molecule has 5 nitrogen and oxygen atoms in total. The first-order chi connectivity index (χ1) is 12.5. The molecule has 26 heavy (non-hydrogen) atoms. The highest BCUT2D eigenvalue weighted by Gasteiger charge is 2.24. The molecule has 1 aromatic heterocycles. The number of H-pyrrole nitrogens is 1. The van der Waals surface area contributed by atoms with Gasteiger partial charge in [-0.3, -0.25) is 9.89 Å². The van der Waals surface area contributed by atoms with Gasteiger partial charge in [-0.15, -0.1) is 0 Å². The molecule has 0 spiro atoms. The summed E-state index contributed by atoms with van der Waals surface area (Å²) in [6.07, 6.45) is 0. The van der Waals surface area contributed by atoms with Crippen molar-refractivity contribution in [3.63, 3.8) is 0 Å². The molecule has 0 amide bonds. The summed E-state index contributed by atoms with van der Waals surface area (Å²) in [6.45, 7) is 3.77. The lowest BCUT2D eigenvalue weighted by molar-refractivity contribution is 0.0463. The van der Waals surface area contributed by atoms with E-state index >= 15 is 0 Å². The number of aromatic nitrogens is 2. The van der Waals surface area contributed by atoms with Crippen molar-refractivity contribution in [3.8, 4) is 5.69 Å². The number of carbonyl (C=O) groups is 1. The van der Waals surface area contributed by atoms with Crippen molar-refractivity contribution in [1.29, 1.82) is 0 Å². The molecule has 0 saturated heterocycles. The third-order valence-corrected chi connectivity index (χ3v) is 4.01. The van der Waals surface area contributed by atoms with Crippen LogP contribution in [0.2, 0.25) is 0 Å². The second-order valence-corrected chi connectivity index (χ2v) is 6.23. The van der Waals surface area contributed by atoms with Gasteiger partial charge in [-0.1, -0.05) is 44.2 Å². The summed E-state index contributed by atoms with van der Waals surface area (Å²) in [4.78, 5) is 25.3. The van der Waals surface area contributed by atoms with E-state index in [9.17, 15) is 14.0 Å². The zero-order valence-electron chi connectivity index (χ0n) is 14.5. The maximum atomic E-state index is 13.1. The molecule has 134 valence electrons. The van der Waals surface area contributed by atoms with Gasteiger partial charge >= 0.3 is 5.97 Å². The molecule has 2 aromatic carbocycles. The molecule has 0 aliphatic rings. The monoisotopic (exact) mass is 354 g/mol. The van der Waals surface area contributed by atoms with Gasteiger partial charge in [0, 0.05) is 0 Å². The highest BCUT2D eigenvalue weighted by molar-refractivity contribution is 5.89. The number of nitrogens with one attached hydrogen (secondary N) is 1. The van der Waals surface area contributed by atoms with Gasteiger partial charge in [0.05, 0.1) is 11.3 Å². The number of halogens is 1.